The predicted molar refractivity (Wildman–Crippen MR) is 84.9 cm³/mol. The summed E-state index contributed by atoms with van der Waals surface area (Å²) in [5.74, 6) is -2.13. The van der Waals surface area contributed by atoms with E-state index in [9.17, 15) is 29.8 Å². The summed E-state index contributed by atoms with van der Waals surface area (Å²) < 4.78 is 0. The van der Waals surface area contributed by atoms with E-state index in [1.807, 2.05) is 0 Å². The van der Waals surface area contributed by atoms with Gasteiger partial charge in [0.15, 0.2) is 0 Å². The fourth-order valence-electron chi connectivity index (χ4n) is 1.85. The molecule has 0 fully saturated rings. The Morgan fingerprint density at radius 2 is 1.08 bits per heavy atom. The van der Waals surface area contributed by atoms with Crippen molar-refractivity contribution < 1.29 is 19.4 Å². The number of nitro groups is 2. The Kier molecular flexibility index (Phi) is 4.91. The molecule has 0 spiro atoms. The van der Waals surface area contributed by atoms with Crippen LogP contribution in [0.2, 0.25) is 10.0 Å². The molecule has 0 atom stereocenters. The van der Waals surface area contributed by atoms with Crippen molar-refractivity contribution in [2.45, 2.75) is 0 Å². The molecule has 2 aromatic carbocycles. The maximum Gasteiger partial charge on any atom is 0.288 e. The number of hydrogen-bond acceptors (Lipinski definition) is 6. The standard InChI is InChI=1S/C14H6Cl2N2O6/c15-9-3-1-7(5-11(9)17(21)22)13(19)14(20)8-2-4-10(16)12(6-8)18(23)24/h1-6H. The van der Waals surface area contributed by atoms with Gasteiger partial charge < -0.3 is 0 Å². The van der Waals surface area contributed by atoms with Gasteiger partial charge in [-0.2, -0.15) is 0 Å². The van der Waals surface area contributed by atoms with Crippen molar-refractivity contribution >= 4 is 46.1 Å². The third-order valence-electron chi connectivity index (χ3n) is 3.02. The van der Waals surface area contributed by atoms with E-state index in [1.165, 1.54) is 0 Å². The van der Waals surface area contributed by atoms with Gasteiger partial charge in [0.05, 0.1) is 9.85 Å². The van der Waals surface area contributed by atoms with Crippen LogP contribution in [0.15, 0.2) is 36.4 Å². The Morgan fingerprint density at radius 1 is 0.750 bits per heavy atom. The van der Waals surface area contributed by atoms with Gasteiger partial charge >= 0.3 is 0 Å². The van der Waals surface area contributed by atoms with Gasteiger partial charge in [-0.1, -0.05) is 23.2 Å². The Bertz CT molecular complexity index is 823. The number of Topliss-reactive ketones (excluding diaryl/α,β-unsaturated/α-hetero) is 2. The molecule has 0 heterocycles. The number of ketones is 2. The first-order valence-corrected chi connectivity index (χ1v) is 6.95. The molecular formula is C14H6Cl2N2O6. The fourth-order valence-corrected chi connectivity index (χ4v) is 2.22. The second-order valence-corrected chi connectivity index (χ2v) is 5.32. The second-order valence-electron chi connectivity index (χ2n) is 4.50. The average Bonchev–Trinajstić information content (AvgIpc) is 2.53. The summed E-state index contributed by atoms with van der Waals surface area (Å²) in [5.41, 5.74) is -1.57. The van der Waals surface area contributed by atoms with Crippen molar-refractivity contribution in [3.63, 3.8) is 0 Å². The molecule has 8 nitrogen and oxygen atoms in total. The van der Waals surface area contributed by atoms with Crippen LogP contribution < -0.4 is 0 Å². The Hall–Kier alpha value is -2.84. The van der Waals surface area contributed by atoms with Gasteiger partial charge in [-0.3, -0.25) is 29.8 Å². The minimum Gasteiger partial charge on any atom is -0.285 e. The van der Waals surface area contributed by atoms with Crippen molar-refractivity contribution in [1.82, 2.24) is 0 Å². The first-order valence-electron chi connectivity index (χ1n) is 6.19. The van der Waals surface area contributed by atoms with Crippen LogP contribution in [0.25, 0.3) is 0 Å². The smallest absolute Gasteiger partial charge is 0.285 e. The van der Waals surface area contributed by atoms with E-state index < -0.39 is 32.8 Å². The van der Waals surface area contributed by atoms with E-state index in [4.69, 9.17) is 23.2 Å². The number of halogens is 2. The fraction of sp³-hybridized carbons (Fsp3) is 0. The Labute approximate surface area is 143 Å². The molecule has 0 aliphatic carbocycles. The molecule has 10 heteroatoms. The van der Waals surface area contributed by atoms with Crippen LogP contribution in [-0.2, 0) is 0 Å². The summed E-state index contributed by atoms with van der Waals surface area (Å²) >= 11 is 11.3. The number of hydrogen-bond donors (Lipinski definition) is 0. The molecule has 0 aromatic heterocycles. The van der Waals surface area contributed by atoms with Gasteiger partial charge in [0.25, 0.3) is 11.4 Å². The number of nitro benzene ring substituents is 2. The molecule has 0 bridgehead atoms. The van der Waals surface area contributed by atoms with Crippen LogP contribution in [0, 0.1) is 20.2 Å². The van der Waals surface area contributed by atoms with Gasteiger partial charge in [0.1, 0.15) is 10.0 Å². The Morgan fingerprint density at radius 3 is 1.38 bits per heavy atom. The average molecular weight is 369 g/mol. The van der Waals surface area contributed by atoms with Crippen molar-refractivity contribution in [3.8, 4) is 0 Å². The van der Waals surface area contributed by atoms with E-state index in [1.54, 1.807) is 0 Å². The molecule has 0 saturated heterocycles. The molecule has 0 aliphatic heterocycles. The molecule has 122 valence electrons. The third-order valence-corrected chi connectivity index (χ3v) is 3.66. The quantitative estimate of drug-likeness (QED) is 0.341. The molecular weight excluding hydrogens is 363 g/mol. The Balaban J connectivity index is 2.42. The van der Waals surface area contributed by atoms with Crippen molar-refractivity contribution in [2.75, 3.05) is 0 Å². The van der Waals surface area contributed by atoms with Gasteiger partial charge in [-0.15, -0.1) is 0 Å². The second kappa shape index (κ2) is 6.73. The molecule has 24 heavy (non-hydrogen) atoms. The summed E-state index contributed by atoms with van der Waals surface area (Å²) in [6, 6.07) is 6.27. The van der Waals surface area contributed by atoms with Crippen molar-refractivity contribution in [1.29, 1.82) is 0 Å². The molecule has 0 unspecified atom stereocenters. The highest BCUT2D eigenvalue weighted by atomic mass is 35.5. The number of rotatable bonds is 5. The molecule has 2 rings (SSSR count). The number of carbonyl (C=O) groups excluding carboxylic acids is 2. The van der Waals surface area contributed by atoms with E-state index in [0.29, 0.717) is 0 Å². The molecule has 0 amide bonds. The normalized spacial score (nSPS) is 10.2. The molecule has 0 radical (unpaired) electrons. The molecule has 0 N–H and O–H groups in total. The van der Waals surface area contributed by atoms with Gasteiger partial charge in [0, 0.05) is 23.3 Å². The lowest BCUT2D eigenvalue weighted by molar-refractivity contribution is -0.384. The highest BCUT2D eigenvalue weighted by Gasteiger charge is 2.24. The maximum absolute atomic E-state index is 12.2. The maximum atomic E-state index is 12.2. The summed E-state index contributed by atoms with van der Waals surface area (Å²) in [7, 11) is 0. The topological polar surface area (TPSA) is 120 Å². The zero-order valence-electron chi connectivity index (χ0n) is 11.6. The lowest BCUT2D eigenvalue weighted by atomic mass is 10.0. The summed E-state index contributed by atoms with van der Waals surface area (Å²) in [6.45, 7) is 0. The number of benzene rings is 2. The third kappa shape index (κ3) is 3.39. The van der Waals surface area contributed by atoms with Crippen LogP contribution in [0.5, 0.6) is 0 Å². The van der Waals surface area contributed by atoms with E-state index in [0.717, 1.165) is 36.4 Å². The molecule has 2 aromatic rings. The van der Waals surface area contributed by atoms with Crippen LogP contribution in [0.1, 0.15) is 20.7 Å². The lowest BCUT2D eigenvalue weighted by Crippen LogP contribution is -2.15. The van der Waals surface area contributed by atoms with Gasteiger partial charge in [-0.05, 0) is 24.3 Å². The van der Waals surface area contributed by atoms with Crippen molar-refractivity contribution in [2.24, 2.45) is 0 Å². The highest BCUT2D eigenvalue weighted by molar-refractivity contribution is 6.49. The summed E-state index contributed by atoms with van der Waals surface area (Å²) in [6.07, 6.45) is 0. The van der Waals surface area contributed by atoms with Gasteiger partial charge in [0.2, 0.25) is 11.6 Å². The monoisotopic (exact) mass is 368 g/mol. The summed E-state index contributed by atoms with van der Waals surface area (Å²) in [5, 5.41) is 21.3. The number of carbonyl (C=O) groups is 2. The van der Waals surface area contributed by atoms with Crippen LogP contribution >= 0.6 is 23.2 Å². The van der Waals surface area contributed by atoms with E-state index >= 15 is 0 Å². The van der Waals surface area contributed by atoms with E-state index in [-0.39, 0.29) is 21.2 Å². The van der Waals surface area contributed by atoms with Crippen LogP contribution in [0.3, 0.4) is 0 Å². The molecule has 0 saturated carbocycles. The predicted octanol–water partition coefficient (Wildman–Crippen LogP) is 3.88. The van der Waals surface area contributed by atoms with Gasteiger partial charge in [-0.25, -0.2) is 0 Å². The molecule has 0 aliphatic rings. The minimum absolute atomic E-state index is 0.189. The highest BCUT2D eigenvalue weighted by Crippen LogP contribution is 2.28. The largest absolute Gasteiger partial charge is 0.288 e. The van der Waals surface area contributed by atoms with Crippen LogP contribution in [-0.4, -0.2) is 21.4 Å². The van der Waals surface area contributed by atoms with Crippen LogP contribution in [0.4, 0.5) is 11.4 Å². The SMILES string of the molecule is O=C(C(=O)c1ccc(Cl)c([N+](=O)[O-])c1)c1ccc(Cl)c([N+](=O)[O-])c1. The zero-order valence-corrected chi connectivity index (χ0v) is 13.1. The van der Waals surface area contributed by atoms with Crippen molar-refractivity contribution in [3.05, 3.63) is 77.8 Å². The minimum atomic E-state index is -1.06. The first kappa shape index (κ1) is 17.5. The first-order chi connectivity index (χ1) is 11.2. The number of nitrogens with zero attached hydrogens (tertiary/aromatic N) is 2. The van der Waals surface area contributed by atoms with E-state index in [2.05, 4.69) is 0 Å². The zero-order chi connectivity index (χ0) is 18.0. The lowest BCUT2D eigenvalue weighted by Gasteiger charge is -2.03. The summed E-state index contributed by atoms with van der Waals surface area (Å²) in [4.78, 5) is 44.4.